The molecule has 5 aromatic carbocycles. The van der Waals surface area contributed by atoms with Crippen LogP contribution in [0, 0.1) is 5.41 Å². The molecule has 0 saturated carbocycles. The van der Waals surface area contributed by atoms with E-state index in [0.717, 1.165) is 16.3 Å². The van der Waals surface area contributed by atoms with Crippen LogP contribution in [0.2, 0.25) is 0 Å². The van der Waals surface area contributed by atoms with E-state index in [0.29, 0.717) is 28.5 Å². The van der Waals surface area contributed by atoms with Gasteiger partial charge in [0.25, 0.3) is 0 Å². The van der Waals surface area contributed by atoms with Crippen LogP contribution in [0.5, 0.6) is 5.75 Å². The smallest absolute Gasteiger partial charge is 0.247 e. The molecule has 0 spiro atoms. The molecule has 1 unspecified atom stereocenters. The van der Waals surface area contributed by atoms with Crippen LogP contribution >= 0.6 is 0 Å². The summed E-state index contributed by atoms with van der Waals surface area (Å²) in [4.78, 5) is 49.0. The molecule has 0 radical (unpaired) electrons. The molecule has 232 valence electrons. The highest BCUT2D eigenvalue weighted by Crippen LogP contribution is 2.44. The summed E-state index contributed by atoms with van der Waals surface area (Å²) in [6.07, 6.45) is 0.153. The maximum atomic E-state index is 15.0. The molecule has 1 heterocycles. The highest BCUT2D eigenvalue weighted by Gasteiger charge is 2.51. The number of ether oxygens (including phenoxy) is 1. The molecule has 1 aliphatic rings. The molecule has 0 bridgehead atoms. The number of carbonyl (C=O) groups is 3. The van der Waals surface area contributed by atoms with Crippen molar-refractivity contribution in [3.63, 3.8) is 0 Å². The van der Waals surface area contributed by atoms with Crippen molar-refractivity contribution in [3.8, 4) is 5.75 Å². The van der Waals surface area contributed by atoms with E-state index in [1.165, 1.54) is 4.90 Å². The molecule has 7 nitrogen and oxygen atoms in total. The number of fused-ring (bicyclic) bond motifs is 2. The van der Waals surface area contributed by atoms with Crippen LogP contribution in [-0.4, -0.2) is 37.4 Å². The highest BCUT2D eigenvalue weighted by atomic mass is 16.5. The lowest BCUT2D eigenvalue weighted by atomic mass is 9.79. The minimum atomic E-state index is -1.54. The first-order chi connectivity index (χ1) is 22.2. The Balaban J connectivity index is 1.49. The first-order valence-electron chi connectivity index (χ1n) is 15.5. The average Bonchev–Trinajstić information content (AvgIpc) is 3.13. The van der Waals surface area contributed by atoms with Crippen molar-refractivity contribution in [2.45, 2.75) is 33.2 Å². The second-order valence-electron chi connectivity index (χ2n) is 12.1. The van der Waals surface area contributed by atoms with Crippen molar-refractivity contribution in [3.05, 3.63) is 127 Å². The first-order valence-corrected chi connectivity index (χ1v) is 15.5. The Bertz CT molecular complexity index is 1900. The predicted octanol–water partition coefficient (Wildman–Crippen LogP) is 7.55. The normalized spacial score (nSPS) is 16.4. The number of methoxy groups -OCH3 is 1. The van der Waals surface area contributed by atoms with E-state index in [9.17, 15) is 14.4 Å². The number of amides is 3. The number of hydrogen-bond donors (Lipinski definition) is 0. The standard InChI is InChI=1S/C39H37N3O4/c1-27(2)41(31-21-23-32(46-4)24-22-31)36(43)26-40-34-19-10-11-20-35(34)42(30-16-6-5-7-17-30)38(45)39(3,37(40)44)25-29-15-12-14-28-13-8-9-18-33(28)29/h5-24,27H,25-26H2,1-4H3. The number of nitrogens with zero attached hydrogens (tertiary/aromatic N) is 3. The fourth-order valence-electron chi connectivity index (χ4n) is 6.39. The zero-order valence-corrected chi connectivity index (χ0v) is 26.5. The van der Waals surface area contributed by atoms with E-state index in [1.807, 2.05) is 129 Å². The summed E-state index contributed by atoms with van der Waals surface area (Å²) in [5.74, 6) is -0.366. The molecule has 0 aromatic heterocycles. The summed E-state index contributed by atoms with van der Waals surface area (Å²) in [6, 6.07) is 37.7. The molecule has 1 aliphatic heterocycles. The van der Waals surface area contributed by atoms with Crippen molar-refractivity contribution < 1.29 is 19.1 Å². The number of hydrogen-bond acceptors (Lipinski definition) is 4. The maximum Gasteiger partial charge on any atom is 0.247 e. The van der Waals surface area contributed by atoms with Gasteiger partial charge < -0.3 is 9.64 Å². The fraction of sp³-hybridized carbons (Fsp3) is 0.205. The zero-order valence-electron chi connectivity index (χ0n) is 26.5. The van der Waals surface area contributed by atoms with E-state index in [4.69, 9.17) is 4.74 Å². The minimum absolute atomic E-state index is 0.153. The molecule has 6 rings (SSSR count). The second kappa shape index (κ2) is 12.5. The third-order valence-electron chi connectivity index (χ3n) is 8.67. The van der Waals surface area contributed by atoms with Gasteiger partial charge in [-0.3, -0.25) is 24.2 Å². The van der Waals surface area contributed by atoms with Crippen LogP contribution in [-0.2, 0) is 20.8 Å². The number of carbonyl (C=O) groups excluding carboxylic acids is 3. The van der Waals surface area contributed by atoms with Gasteiger partial charge in [0, 0.05) is 17.4 Å². The van der Waals surface area contributed by atoms with Crippen LogP contribution in [0.4, 0.5) is 22.7 Å². The minimum Gasteiger partial charge on any atom is -0.497 e. The van der Waals surface area contributed by atoms with E-state index >= 15 is 0 Å². The SMILES string of the molecule is COc1ccc(N(C(=O)CN2C(=O)C(C)(Cc3cccc4ccccc34)C(=O)N(c3ccccc3)c3ccccc32)C(C)C)cc1. The van der Waals surface area contributed by atoms with Crippen LogP contribution in [0.15, 0.2) is 121 Å². The molecule has 0 fully saturated rings. The van der Waals surface area contributed by atoms with Crippen molar-refractivity contribution in [2.24, 2.45) is 5.41 Å². The Kier molecular flexibility index (Phi) is 8.33. The van der Waals surface area contributed by atoms with Gasteiger partial charge in [0.05, 0.1) is 18.5 Å². The van der Waals surface area contributed by atoms with Gasteiger partial charge in [-0.05, 0) is 92.1 Å². The first kappa shape index (κ1) is 30.6. The third kappa shape index (κ3) is 5.49. The van der Waals surface area contributed by atoms with Crippen molar-refractivity contribution in [1.82, 2.24) is 0 Å². The van der Waals surface area contributed by atoms with E-state index in [1.54, 1.807) is 29.9 Å². The average molecular weight is 612 g/mol. The maximum absolute atomic E-state index is 15.0. The summed E-state index contributed by atoms with van der Waals surface area (Å²) >= 11 is 0. The molecule has 46 heavy (non-hydrogen) atoms. The van der Waals surface area contributed by atoms with E-state index in [2.05, 4.69) is 0 Å². The third-order valence-corrected chi connectivity index (χ3v) is 8.67. The zero-order chi connectivity index (χ0) is 32.4. The van der Waals surface area contributed by atoms with Gasteiger partial charge in [-0.1, -0.05) is 72.8 Å². The number of para-hydroxylation sites is 3. The molecule has 7 heteroatoms. The lowest BCUT2D eigenvalue weighted by Gasteiger charge is -2.34. The Morgan fingerprint density at radius 1 is 0.761 bits per heavy atom. The van der Waals surface area contributed by atoms with Crippen LogP contribution in [0.25, 0.3) is 10.8 Å². The van der Waals surface area contributed by atoms with Crippen molar-refractivity contribution in [1.29, 1.82) is 0 Å². The van der Waals surface area contributed by atoms with Gasteiger partial charge in [0.2, 0.25) is 17.7 Å². The highest BCUT2D eigenvalue weighted by molar-refractivity contribution is 6.24. The lowest BCUT2D eigenvalue weighted by Crippen LogP contribution is -2.53. The Morgan fingerprint density at radius 3 is 2.09 bits per heavy atom. The summed E-state index contributed by atoms with van der Waals surface area (Å²) < 4.78 is 5.32. The van der Waals surface area contributed by atoms with Crippen molar-refractivity contribution >= 4 is 51.2 Å². The lowest BCUT2D eigenvalue weighted by molar-refractivity contribution is -0.139. The molecule has 0 N–H and O–H groups in total. The van der Waals surface area contributed by atoms with Gasteiger partial charge >= 0.3 is 0 Å². The second-order valence-corrected chi connectivity index (χ2v) is 12.1. The van der Waals surface area contributed by atoms with Crippen LogP contribution < -0.4 is 19.4 Å². The van der Waals surface area contributed by atoms with Gasteiger partial charge in [-0.25, -0.2) is 0 Å². The van der Waals surface area contributed by atoms with E-state index < -0.39 is 11.3 Å². The molecule has 3 amide bonds. The van der Waals surface area contributed by atoms with Crippen molar-refractivity contribution in [2.75, 3.05) is 28.4 Å². The molecule has 5 aromatic rings. The molecular formula is C39H37N3O4. The Labute approximate surface area is 269 Å². The predicted molar refractivity (Wildman–Crippen MR) is 184 cm³/mol. The largest absolute Gasteiger partial charge is 0.497 e. The monoisotopic (exact) mass is 611 g/mol. The summed E-state index contributed by atoms with van der Waals surface area (Å²) in [7, 11) is 1.60. The summed E-state index contributed by atoms with van der Waals surface area (Å²) in [5.41, 5.74) is 1.72. The molecule has 0 saturated heterocycles. The van der Waals surface area contributed by atoms with Crippen LogP contribution in [0.3, 0.4) is 0 Å². The molecular weight excluding hydrogens is 574 g/mol. The van der Waals surface area contributed by atoms with Gasteiger partial charge in [-0.2, -0.15) is 0 Å². The Morgan fingerprint density at radius 2 is 1.39 bits per heavy atom. The number of benzene rings is 5. The topological polar surface area (TPSA) is 70.2 Å². The van der Waals surface area contributed by atoms with Gasteiger partial charge in [0.1, 0.15) is 17.7 Å². The van der Waals surface area contributed by atoms with Crippen LogP contribution in [0.1, 0.15) is 26.3 Å². The summed E-state index contributed by atoms with van der Waals surface area (Å²) in [5, 5.41) is 2.01. The number of rotatable bonds is 8. The summed E-state index contributed by atoms with van der Waals surface area (Å²) in [6.45, 7) is 5.33. The quantitative estimate of drug-likeness (QED) is 0.170. The fourth-order valence-corrected chi connectivity index (χ4v) is 6.39. The molecule has 1 atom stereocenters. The number of anilines is 4. The van der Waals surface area contributed by atoms with Gasteiger partial charge in [-0.15, -0.1) is 0 Å². The van der Waals surface area contributed by atoms with Gasteiger partial charge in [0.15, 0.2) is 0 Å². The Hall–Kier alpha value is -5.43. The molecule has 0 aliphatic carbocycles. The van der Waals surface area contributed by atoms with E-state index in [-0.39, 0.29) is 30.8 Å².